The van der Waals surface area contributed by atoms with Crippen LogP contribution >= 0.6 is 0 Å². The van der Waals surface area contributed by atoms with E-state index in [4.69, 9.17) is 4.52 Å². The van der Waals surface area contributed by atoms with Crippen molar-refractivity contribution in [2.75, 3.05) is 5.32 Å². The van der Waals surface area contributed by atoms with Crippen LogP contribution in [0.25, 0.3) is 0 Å². The van der Waals surface area contributed by atoms with Crippen LogP contribution in [0.4, 0.5) is 5.69 Å². The summed E-state index contributed by atoms with van der Waals surface area (Å²) in [6.45, 7) is 4.32. The van der Waals surface area contributed by atoms with Gasteiger partial charge in [0.25, 0.3) is 5.91 Å². The number of anilines is 1. The number of fused-ring (bicyclic) bond motifs is 1. The van der Waals surface area contributed by atoms with Crippen molar-refractivity contribution in [1.29, 1.82) is 0 Å². The second-order valence-corrected chi connectivity index (χ2v) is 8.79. The molecule has 162 valence electrons. The maximum atomic E-state index is 13.1. The summed E-state index contributed by atoms with van der Waals surface area (Å²) in [5.41, 5.74) is 4.28. The molecule has 4 aromatic rings. The average Bonchev–Trinajstić information content (AvgIpc) is 3.46. The molecule has 2 aromatic heterocycles. The van der Waals surface area contributed by atoms with E-state index in [0.29, 0.717) is 11.4 Å². The van der Waals surface area contributed by atoms with Crippen molar-refractivity contribution in [3.63, 3.8) is 0 Å². The van der Waals surface area contributed by atoms with Crippen molar-refractivity contribution in [1.82, 2.24) is 14.9 Å². The van der Waals surface area contributed by atoms with Gasteiger partial charge in [-0.15, -0.1) is 0 Å². The van der Waals surface area contributed by atoms with Crippen molar-refractivity contribution in [3.8, 4) is 0 Å². The number of aryl methyl sites for hydroxylation is 1. The predicted octanol–water partition coefficient (Wildman–Crippen LogP) is 5.18. The van der Waals surface area contributed by atoms with E-state index in [-0.39, 0.29) is 17.4 Å². The molecule has 2 heterocycles. The molecule has 1 N–H and O–H groups in total. The molecule has 32 heavy (non-hydrogen) atoms. The van der Waals surface area contributed by atoms with Gasteiger partial charge in [0.2, 0.25) is 0 Å². The first kappa shape index (κ1) is 20.2. The third-order valence-electron chi connectivity index (χ3n) is 6.56. The van der Waals surface area contributed by atoms with Crippen molar-refractivity contribution in [2.24, 2.45) is 0 Å². The summed E-state index contributed by atoms with van der Waals surface area (Å²) in [5, 5.41) is 11.5. The van der Waals surface area contributed by atoms with Crippen LogP contribution in [-0.2, 0) is 18.3 Å². The molecule has 2 aromatic carbocycles. The fourth-order valence-electron chi connectivity index (χ4n) is 4.54. The Balaban J connectivity index is 1.34. The van der Waals surface area contributed by atoms with Crippen LogP contribution in [0.5, 0.6) is 0 Å². The maximum Gasteiger partial charge on any atom is 0.278 e. The first-order valence-corrected chi connectivity index (χ1v) is 11.0. The lowest BCUT2D eigenvalue weighted by Crippen LogP contribution is -2.31. The number of benzene rings is 2. The van der Waals surface area contributed by atoms with E-state index in [1.807, 2.05) is 35.1 Å². The van der Waals surface area contributed by atoms with Gasteiger partial charge < -0.3 is 9.84 Å². The van der Waals surface area contributed by atoms with Gasteiger partial charge in [-0.1, -0.05) is 72.7 Å². The van der Waals surface area contributed by atoms with E-state index in [1.54, 1.807) is 6.20 Å². The van der Waals surface area contributed by atoms with Crippen LogP contribution in [0.3, 0.4) is 0 Å². The Hall–Kier alpha value is -3.67. The highest BCUT2D eigenvalue weighted by Gasteiger charge is 2.37. The van der Waals surface area contributed by atoms with Gasteiger partial charge in [-0.3, -0.25) is 9.48 Å². The van der Waals surface area contributed by atoms with Crippen LogP contribution in [0.15, 0.2) is 77.6 Å². The highest BCUT2D eigenvalue weighted by molar-refractivity contribution is 6.03. The number of nitrogens with one attached hydrogen (secondary N) is 1. The Labute approximate surface area is 187 Å². The van der Waals surface area contributed by atoms with Crippen LogP contribution in [0, 0.1) is 0 Å². The van der Waals surface area contributed by atoms with Crippen molar-refractivity contribution >= 4 is 11.6 Å². The zero-order chi connectivity index (χ0) is 22.1. The van der Waals surface area contributed by atoms with Gasteiger partial charge in [0.05, 0.1) is 17.9 Å². The topological polar surface area (TPSA) is 73.0 Å². The average molecular weight is 427 g/mol. The summed E-state index contributed by atoms with van der Waals surface area (Å²) < 4.78 is 7.39. The van der Waals surface area contributed by atoms with Gasteiger partial charge in [0, 0.05) is 18.2 Å². The Morgan fingerprint density at radius 3 is 2.59 bits per heavy atom. The fraction of sp³-hybridized carbons (Fsp3) is 0.269. The molecule has 0 radical (unpaired) electrons. The monoisotopic (exact) mass is 426 g/mol. The molecule has 0 fully saturated rings. The number of aromatic nitrogens is 3. The Bertz CT molecular complexity index is 1230. The Morgan fingerprint density at radius 1 is 1.12 bits per heavy atom. The maximum absolute atomic E-state index is 13.1. The van der Waals surface area contributed by atoms with E-state index >= 15 is 0 Å². The smallest absolute Gasteiger partial charge is 0.278 e. The molecule has 0 aliphatic heterocycles. The van der Waals surface area contributed by atoms with Crippen molar-refractivity contribution in [2.45, 2.75) is 44.6 Å². The van der Waals surface area contributed by atoms with Crippen molar-refractivity contribution in [3.05, 3.63) is 101 Å². The number of rotatable bonds is 5. The number of hydrogen-bond acceptors (Lipinski definition) is 4. The van der Waals surface area contributed by atoms with Gasteiger partial charge in [-0.25, -0.2) is 0 Å². The highest BCUT2D eigenvalue weighted by atomic mass is 16.5. The third-order valence-corrected chi connectivity index (χ3v) is 6.56. The summed E-state index contributed by atoms with van der Waals surface area (Å²) in [6.07, 6.45) is 5.97. The standard InChI is InChI=1S/C26H26N4O2/c1-18(19-9-5-3-6-10-19)30-17-21(16-27-30)28-25(31)24-22-15-26(2,14-13-23(22)32-29-24)20-11-7-4-8-12-20/h3-12,16-18H,13-15H2,1-2H3,(H,28,31). The molecule has 6 nitrogen and oxygen atoms in total. The molecular formula is C26H26N4O2. The minimum absolute atomic E-state index is 0.0508. The van der Waals surface area contributed by atoms with Crippen LogP contribution in [-0.4, -0.2) is 20.8 Å². The molecule has 0 saturated heterocycles. The molecule has 2 unspecified atom stereocenters. The van der Waals surface area contributed by atoms with E-state index in [1.165, 1.54) is 5.56 Å². The SMILES string of the molecule is CC(c1ccccc1)n1cc(NC(=O)c2noc3c2CC(C)(c2ccccc2)CC3)cn1. The summed E-state index contributed by atoms with van der Waals surface area (Å²) in [5.74, 6) is 0.552. The van der Waals surface area contributed by atoms with Crippen LogP contribution < -0.4 is 5.32 Å². The zero-order valence-corrected chi connectivity index (χ0v) is 18.3. The van der Waals surface area contributed by atoms with E-state index in [9.17, 15) is 4.79 Å². The molecule has 1 aliphatic rings. The molecule has 1 amide bonds. The summed E-state index contributed by atoms with van der Waals surface area (Å²) in [6, 6.07) is 20.7. The van der Waals surface area contributed by atoms with Crippen molar-refractivity contribution < 1.29 is 9.32 Å². The number of hydrogen-bond donors (Lipinski definition) is 1. The minimum atomic E-state index is -0.265. The fourth-order valence-corrected chi connectivity index (χ4v) is 4.54. The first-order valence-electron chi connectivity index (χ1n) is 11.0. The second kappa shape index (κ2) is 8.11. The van der Waals surface area contributed by atoms with Gasteiger partial charge in [0.15, 0.2) is 5.69 Å². The normalized spacial score (nSPS) is 18.7. The predicted molar refractivity (Wildman–Crippen MR) is 123 cm³/mol. The molecule has 6 heteroatoms. The Kier molecular flexibility index (Phi) is 5.13. The van der Waals surface area contributed by atoms with E-state index < -0.39 is 0 Å². The van der Waals surface area contributed by atoms with Crippen LogP contribution in [0.1, 0.15) is 59.2 Å². The molecule has 2 atom stereocenters. The third kappa shape index (κ3) is 3.73. The lowest BCUT2D eigenvalue weighted by molar-refractivity contribution is 0.101. The largest absolute Gasteiger partial charge is 0.360 e. The minimum Gasteiger partial charge on any atom is -0.360 e. The molecule has 0 saturated carbocycles. The highest BCUT2D eigenvalue weighted by Crippen LogP contribution is 2.39. The number of nitrogens with zero attached hydrogens (tertiary/aromatic N) is 3. The van der Waals surface area contributed by atoms with Gasteiger partial charge in [-0.2, -0.15) is 5.10 Å². The molecular weight excluding hydrogens is 400 g/mol. The summed E-state index contributed by atoms with van der Waals surface area (Å²) >= 11 is 0. The van der Waals surface area contributed by atoms with Gasteiger partial charge in [0.1, 0.15) is 5.76 Å². The van der Waals surface area contributed by atoms with E-state index in [2.05, 4.69) is 65.8 Å². The zero-order valence-electron chi connectivity index (χ0n) is 18.3. The summed E-state index contributed by atoms with van der Waals surface area (Å²) in [7, 11) is 0. The first-order chi connectivity index (χ1) is 15.5. The van der Waals surface area contributed by atoms with Gasteiger partial charge in [-0.05, 0) is 36.3 Å². The Morgan fingerprint density at radius 2 is 1.84 bits per heavy atom. The quantitative estimate of drug-likeness (QED) is 0.477. The number of carbonyl (C=O) groups is 1. The van der Waals surface area contributed by atoms with Crippen LogP contribution in [0.2, 0.25) is 0 Å². The molecule has 0 spiro atoms. The molecule has 0 bridgehead atoms. The molecule has 5 rings (SSSR count). The van der Waals surface area contributed by atoms with Gasteiger partial charge >= 0.3 is 0 Å². The molecule has 1 aliphatic carbocycles. The number of amides is 1. The lowest BCUT2D eigenvalue weighted by Gasteiger charge is -2.33. The second-order valence-electron chi connectivity index (χ2n) is 8.79. The number of carbonyl (C=O) groups excluding carboxylic acids is 1. The lowest BCUT2D eigenvalue weighted by atomic mass is 9.70. The van der Waals surface area contributed by atoms with E-state index in [0.717, 1.165) is 36.1 Å². The summed E-state index contributed by atoms with van der Waals surface area (Å²) in [4.78, 5) is 13.1.